The number of alkyl halides is 3. The molecule has 5 heterocycles. The lowest BCUT2D eigenvalue weighted by Crippen LogP contribution is -2.61. The molecule has 7 N–H and O–H groups in total. The van der Waals surface area contributed by atoms with E-state index in [0.29, 0.717) is 81.5 Å². The molecule has 0 unspecified atom stereocenters. The number of anilines is 2. The van der Waals surface area contributed by atoms with Crippen molar-refractivity contribution in [2.45, 2.75) is 153 Å². The van der Waals surface area contributed by atoms with Crippen molar-refractivity contribution in [2.75, 3.05) is 75.7 Å². The summed E-state index contributed by atoms with van der Waals surface area (Å²) in [5.41, 5.74) is 9.40. The second kappa shape index (κ2) is 35.8. The number of nitrogens with zero attached hydrogens (tertiary/aromatic N) is 6. The van der Waals surface area contributed by atoms with Gasteiger partial charge in [0.25, 0.3) is 5.60 Å². The van der Waals surface area contributed by atoms with Crippen molar-refractivity contribution in [3.63, 3.8) is 0 Å². The zero-order valence-corrected chi connectivity index (χ0v) is 61.9. The number of primary amides is 1. The fourth-order valence-corrected chi connectivity index (χ4v) is 14.7. The van der Waals surface area contributed by atoms with Crippen molar-refractivity contribution in [3.05, 3.63) is 194 Å². The van der Waals surface area contributed by atoms with E-state index < -0.39 is 53.6 Å². The Balaban J connectivity index is 0.000000179. The van der Waals surface area contributed by atoms with E-state index in [1.54, 1.807) is 13.1 Å². The number of hydrogen-bond donors (Lipinski definition) is 6. The number of ether oxygens (including phenoxy) is 1. The molecule has 19 nitrogen and oxygen atoms in total. The molecule has 560 valence electrons. The first kappa shape index (κ1) is 79.2. The van der Waals surface area contributed by atoms with E-state index in [1.165, 1.54) is 17.7 Å². The highest BCUT2D eigenvalue weighted by Crippen LogP contribution is 2.48. The first-order chi connectivity index (χ1) is 50.1. The average Bonchev–Trinajstić information content (AvgIpc) is 1.19. The third kappa shape index (κ3) is 21.9. The van der Waals surface area contributed by atoms with Crippen LogP contribution in [0.15, 0.2) is 140 Å². The summed E-state index contributed by atoms with van der Waals surface area (Å²) in [6.45, 7) is 17.3. The summed E-state index contributed by atoms with van der Waals surface area (Å²) in [6.07, 6.45) is 4.32. The predicted molar refractivity (Wildman–Crippen MR) is 400 cm³/mol. The van der Waals surface area contributed by atoms with E-state index in [0.717, 1.165) is 104 Å². The number of aliphatic hydroxyl groups is 2. The summed E-state index contributed by atoms with van der Waals surface area (Å²) < 4.78 is 45.4. The molecule has 12 rings (SSSR count). The lowest BCUT2D eigenvalue weighted by Gasteiger charge is -2.42. The van der Waals surface area contributed by atoms with Crippen molar-refractivity contribution in [2.24, 2.45) is 29.4 Å². The molecular weight excluding hydrogens is 1380 g/mol. The quantitative estimate of drug-likeness (QED) is 0.0390. The molecule has 4 aliphatic heterocycles. The smallest absolute Gasteiger partial charge is 0.415 e. The van der Waals surface area contributed by atoms with E-state index in [4.69, 9.17) is 28.9 Å². The molecule has 0 bridgehead atoms. The number of likely N-dealkylation sites (tertiary alicyclic amines) is 2. The largest absolute Gasteiger partial charge is 0.445 e. The summed E-state index contributed by atoms with van der Waals surface area (Å²) in [6, 6.07) is 38.0. The number of fused-ring (bicyclic) bond motifs is 2. The number of piperidine rings is 2. The van der Waals surface area contributed by atoms with Crippen LogP contribution in [0.1, 0.15) is 134 Å². The van der Waals surface area contributed by atoms with Crippen LogP contribution in [0.4, 0.5) is 29.3 Å². The monoisotopic (exact) mass is 1480 g/mol. The standard InChI is InChI=1S/C36H47N5O4.C31H41ClN4O3.C14H9ClF3NO2/c1-36(2,3)39-35(45)31-24-40(22-26-12-9-15-37-21-26)16-17-41(31)23-29(42)19-28(18-25-10-5-4-6-11-25)34(44)38-33-30-14-8-7-13-27(30)20-32(33)43;1-22-4-9-28(21-29(22)32)36(31(39)27-12-18-35(19-13-27)23(2)37)15-3-14-34-16-10-25(11-17-34)20-24-5-7-26(8-6-24)30(33)38;15-9-3-4-11-10(7-9)13(14(16,17)18,21-12(20)19-11)6-5-8-1-2-8/h4-15,21,28-29,31-33,42-43H,16-20,22-24H2,1-3H3,(H,38,44)(H,39,45);4-9,21,25,27H,3,10-20H2,1-2H3,(H2,33,38);3-4,7-8H,1-2H2,(H,19,20)/t28-,29+,31+,32-,33+;;13-/m1.0/s1. The number of carbonyl (C=O) groups is 6. The zero-order valence-electron chi connectivity index (χ0n) is 60.4. The number of piperazine rings is 1. The van der Waals surface area contributed by atoms with E-state index >= 15 is 0 Å². The Morgan fingerprint density at radius 2 is 1.53 bits per heavy atom. The third-order valence-corrected chi connectivity index (χ3v) is 21.0. The molecule has 5 aromatic carbocycles. The predicted octanol–water partition coefficient (Wildman–Crippen LogP) is 11.6. The second-order valence-electron chi connectivity index (χ2n) is 29.6. The van der Waals surface area contributed by atoms with Crippen LogP contribution in [0.3, 0.4) is 0 Å². The van der Waals surface area contributed by atoms with Gasteiger partial charge in [0.2, 0.25) is 29.5 Å². The van der Waals surface area contributed by atoms with Crippen molar-refractivity contribution in [3.8, 4) is 11.8 Å². The fourth-order valence-electron chi connectivity index (χ4n) is 14.4. The molecule has 4 fully saturated rings. The van der Waals surface area contributed by atoms with E-state index in [2.05, 4.69) is 52.2 Å². The highest BCUT2D eigenvalue weighted by atomic mass is 35.5. The highest BCUT2D eigenvalue weighted by molar-refractivity contribution is 6.31. The summed E-state index contributed by atoms with van der Waals surface area (Å²) in [7, 11) is 0. The SMILES string of the molecule is CC(=O)N1CCC(C(=O)N(CCCN2CCC(Cc3ccc(C(N)=O)cc3)CC2)c2ccc(C)c(Cl)c2)CC1.CC(C)(C)NC(=O)[C@@H]1CN(Cc2cccnc2)CCN1C[C@@H](O)C[C@@H](Cc1ccccc1)C(=O)N[C@H]1c2ccccc2C[C@H]1O.O=C1Nc2ccc(Cl)cc2[C@@](C#CC2CC2)(C(F)(F)F)O1. The van der Waals surface area contributed by atoms with Crippen LogP contribution in [0.2, 0.25) is 10.0 Å². The lowest BCUT2D eigenvalue weighted by molar-refractivity contribution is -0.239. The van der Waals surface area contributed by atoms with Gasteiger partial charge in [0.1, 0.15) is 6.04 Å². The van der Waals surface area contributed by atoms with Crippen molar-refractivity contribution < 1.29 is 56.9 Å². The number of β-amino-alcohol motifs (C(OH)–C–C–N with tert-alkyl or cyclic N) is 1. The summed E-state index contributed by atoms with van der Waals surface area (Å²) in [5, 5.41) is 31.5. The maximum absolute atomic E-state index is 13.8. The molecule has 2 aliphatic carbocycles. The molecule has 0 spiro atoms. The average molecular weight is 1480 g/mol. The minimum atomic E-state index is -4.87. The number of aromatic nitrogens is 1. The summed E-state index contributed by atoms with van der Waals surface area (Å²) >= 11 is 12.2. The Hall–Kier alpha value is -8.40. The minimum absolute atomic E-state index is 0.00179. The van der Waals surface area contributed by atoms with Gasteiger partial charge in [-0.3, -0.25) is 44.1 Å². The molecule has 6 atom stereocenters. The molecule has 6 aromatic rings. The zero-order chi connectivity index (χ0) is 75.2. The number of hydrogen-bond acceptors (Lipinski definition) is 13. The molecule has 1 saturated carbocycles. The van der Waals surface area contributed by atoms with Crippen LogP contribution in [-0.4, -0.2) is 166 Å². The Kier molecular flexibility index (Phi) is 27.0. The van der Waals surface area contributed by atoms with Crippen molar-refractivity contribution >= 4 is 70.2 Å². The number of rotatable bonds is 20. The Morgan fingerprint density at radius 3 is 2.19 bits per heavy atom. The number of carbonyl (C=O) groups excluding carboxylic acids is 6. The van der Waals surface area contributed by atoms with Gasteiger partial charge in [-0.15, -0.1) is 0 Å². The van der Waals surface area contributed by atoms with Crippen LogP contribution in [-0.2, 0) is 55.3 Å². The summed E-state index contributed by atoms with van der Waals surface area (Å²) in [4.78, 5) is 90.3. The Bertz CT molecular complexity index is 4050. The van der Waals surface area contributed by atoms with Gasteiger partial charge in [0.05, 0.1) is 23.9 Å². The first-order valence-electron chi connectivity index (χ1n) is 36.4. The van der Waals surface area contributed by atoms with Gasteiger partial charge in [-0.25, -0.2) is 4.79 Å². The van der Waals surface area contributed by atoms with Crippen LogP contribution in [0, 0.1) is 42.4 Å². The molecule has 0 radical (unpaired) electrons. The number of amides is 6. The van der Waals surface area contributed by atoms with Crippen LogP contribution in [0.5, 0.6) is 0 Å². The van der Waals surface area contributed by atoms with E-state index in [-0.39, 0.29) is 70.6 Å². The van der Waals surface area contributed by atoms with Gasteiger partial charge >= 0.3 is 12.3 Å². The van der Waals surface area contributed by atoms with Crippen LogP contribution >= 0.6 is 23.2 Å². The molecule has 6 amide bonds. The van der Waals surface area contributed by atoms with Gasteiger partial charge in [0, 0.05) is 128 Å². The van der Waals surface area contributed by atoms with E-state index in [9.17, 15) is 52.2 Å². The molecule has 3 saturated heterocycles. The maximum atomic E-state index is 13.8. The number of halogens is 5. The van der Waals surface area contributed by atoms with Gasteiger partial charge < -0.3 is 46.0 Å². The van der Waals surface area contributed by atoms with Crippen molar-refractivity contribution in [1.29, 1.82) is 0 Å². The van der Waals surface area contributed by atoms with Gasteiger partial charge in [-0.1, -0.05) is 108 Å². The van der Waals surface area contributed by atoms with Gasteiger partial charge in [0.15, 0.2) is 0 Å². The first-order valence-corrected chi connectivity index (χ1v) is 37.1. The van der Waals surface area contributed by atoms with Gasteiger partial charge in [-0.2, -0.15) is 13.2 Å². The van der Waals surface area contributed by atoms with Crippen molar-refractivity contribution in [1.82, 2.24) is 35.2 Å². The molecule has 1 aromatic heterocycles. The fraction of sp³-hybridized carbons (Fsp3) is 0.469. The topological polar surface area (TPSA) is 243 Å². The molecular formula is C81H97Cl2F3N10O9. The Morgan fingerprint density at radius 1 is 0.829 bits per heavy atom. The number of nitrogens with two attached hydrogens (primary N) is 1. The minimum Gasteiger partial charge on any atom is -0.415 e. The van der Waals surface area contributed by atoms with Crippen LogP contribution in [0.25, 0.3) is 0 Å². The maximum Gasteiger partial charge on any atom is 0.445 e. The number of aliphatic hydroxyl groups excluding tert-OH is 2. The second-order valence-corrected chi connectivity index (χ2v) is 30.5. The number of aryl methyl sites for hydroxylation is 1. The number of cyclic esters (lactones) is 1. The normalized spacial score (nSPS) is 20.7. The molecule has 6 aliphatic rings. The lowest BCUT2D eigenvalue weighted by atomic mass is 9.90. The summed E-state index contributed by atoms with van der Waals surface area (Å²) in [5.74, 6) is 4.20. The number of pyridine rings is 1. The molecule has 105 heavy (non-hydrogen) atoms. The Labute approximate surface area is 623 Å². The number of nitrogens with one attached hydrogen (secondary N) is 3. The molecule has 24 heteroatoms. The van der Waals surface area contributed by atoms with Gasteiger partial charge in [-0.05, 0) is 205 Å². The van der Waals surface area contributed by atoms with E-state index in [1.807, 2.05) is 153 Å². The highest BCUT2D eigenvalue weighted by Gasteiger charge is 2.62. The third-order valence-electron chi connectivity index (χ3n) is 20.3. The number of benzene rings is 5. The van der Waals surface area contributed by atoms with Crippen LogP contribution < -0.4 is 26.6 Å².